The minimum Gasteiger partial charge on any atom is -0.480 e. The quantitative estimate of drug-likeness (QED) is 0.862. The van der Waals surface area contributed by atoms with E-state index in [0.29, 0.717) is 29.7 Å². The fourth-order valence-corrected chi connectivity index (χ4v) is 3.57. The number of amides is 1. The lowest BCUT2D eigenvalue weighted by Gasteiger charge is -2.36. The number of thioether (sulfide) groups is 1. The minimum atomic E-state index is -0.910. The number of benzene rings is 1. The molecule has 22 heavy (non-hydrogen) atoms. The van der Waals surface area contributed by atoms with Crippen molar-refractivity contribution < 1.29 is 14.7 Å². The van der Waals surface area contributed by atoms with Gasteiger partial charge in [-0.05, 0) is 43.0 Å². The Bertz CT molecular complexity index is 541. The van der Waals surface area contributed by atoms with E-state index < -0.39 is 12.0 Å². The predicted molar refractivity (Wildman–Crippen MR) is 88.3 cm³/mol. The lowest BCUT2D eigenvalue weighted by atomic mass is 9.92. The summed E-state index contributed by atoms with van der Waals surface area (Å²) in [6, 6.07) is 6.75. The number of hydrogen-bond acceptors (Lipinski definition) is 3. The van der Waals surface area contributed by atoms with E-state index in [1.54, 1.807) is 23.9 Å². The monoisotopic (exact) mass is 321 g/mol. The Kier molecular flexibility index (Phi) is 5.51. The lowest BCUT2D eigenvalue weighted by molar-refractivity contribution is -0.144. The van der Waals surface area contributed by atoms with E-state index >= 15 is 0 Å². The second-order valence-electron chi connectivity index (χ2n) is 6.17. The topological polar surface area (TPSA) is 57.6 Å². The van der Waals surface area contributed by atoms with Gasteiger partial charge in [0, 0.05) is 22.3 Å². The zero-order valence-corrected chi connectivity index (χ0v) is 14.1. The minimum absolute atomic E-state index is 0.180. The van der Waals surface area contributed by atoms with Crippen LogP contribution < -0.4 is 0 Å². The van der Waals surface area contributed by atoms with E-state index in [1.807, 2.05) is 19.1 Å². The lowest BCUT2D eigenvalue weighted by Crippen LogP contribution is -2.49. The van der Waals surface area contributed by atoms with Gasteiger partial charge in [-0.15, -0.1) is 11.8 Å². The summed E-state index contributed by atoms with van der Waals surface area (Å²) in [5, 5.41) is 9.86. The van der Waals surface area contributed by atoms with E-state index in [9.17, 15) is 14.7 Å². The smallest absolute Gasteiger partial charge is 0.326 e. The number of rotatable bonds is 4. The van der Waals surface area contributed by atoms with Gasteiger partial charge in [0.05, 0.1) is 0 Å². The molecule has 0 aromatic heterocycles. The molecule has 1 N–H and O–H groups in total. The summed E-state index contributed by atoms with van der Waals surface area (Å²) in [5.41, 5.74) is 0.564. The highest BCUT2D eigenvalue weighted by molar-refractivity contribution is 7.99. The van der Waals surface area contributed by atoms with Crippen molar-refractivity contribution in [3.8, 4) is 0 Å². The normalized spacial score (nSPS) is 21.9. The van der Waals surface area contributed by atoms with Crippen LogP contribution in [0.5, 0.6) is 0 Å². The summed E-state index contributed by atoms with van der Waals surface area (Å²) in [6.45, 7) is 6.79. The SMILES string of the molecule is CC1CCN(C(=O)c2ccc(SC(C)C)cc2)C(C(=O)O)C1. The molecule has 4 nitrogen and oxygen atoms in total. The molecule has 1 heterocycles. The Morgan fingerprint density at radius 1 is 1.27 bits per heavy atom. The summed E-state index contributed by atoms with van der Waals surface area (Å²) in [4.78, 5) is 26.7. The Labute approximate surface area is 135 Å². The van der Waals surface area contributed by atoms with Gasteiger partial charge in [0.25, 0.3) is 5.91 Å². The molecule has 0 aliphatic carbocycles. The largest absolute Gasteiger partial charge is 0.480 e. The van der Waals surface area contributed by atoms with Gasteiger partial charge >= 0.3 is 5.97 Å². The summed E-state index contributed by atoms with van der Waals surface area (Å²) in [6.07, 6.45) is 1.39. The third-order valence-corrected chi connectivity index (χ3v) is 4.90. The molecule has 0 bridgehead atoms. The van der Waals surface area contributed by atoms with Gasteiger partial charge in [-0.3, -0.25) is 4.79 Å². The maximum absolute atomic E-state index is 12.6. The molecule has 2 atom stereocenters. The molecule has 5 heteroatoms. The van der Waals surface area contributed by atoms with Crippen LogP contribution in [0.15, 0.2) is 29.2 Å². The Morgan fingerprint density at radius 3 is 2.45 bits per heavy atom. The van der Waals surface area contributed by atoms with Crippen LogP contribution in [0.25, 0.3) is 0 Å². The van der Waals surface area contributed by atoms with Crippen LogP contribution in [0.2, 0.25) is 0 Å². The highest BCUT2D eigenvalue weighted by atomic mass is 32.2. The molecule has 0 saturated carbocycles. The third-order valence-electron chi connectivity index (χ3n) is 3.88. The van der Waals surface area contributed by atoms with Crippen LogP contribution >= 0.6 is 11.8 Å². The number of likely N-dealkylation sites (tertiary alicyclic amines) is 1. The molecule has 2 unspecified atom stereocenters. The number of carbonyl (C=O) groups excluding carboxylic acids is 1. The molecule has 1 amide bonds. The van der Waals surface area contributed by atoms with E-state index in [2.05, 4.69) is 13.8 Å². The van der Waals surface area contributed by atoms with Crippen molar-refractivity contribution in [3.05, 3.63) is 29.8 Å². The van der Waals surface area contributed by atoms with Gasteiger partial charge in [0.2, 0.25) is 0 Å². The van der Waals surface area contributed by atoms with Crippen LogP contribution in [0, 0.1) is 5.92 Å². The first-order valence-electron chi connectivity index (χ1n) is 7.69. The molecular weight excluding hydrogens is 298 g/mol. The van der Waals surface area contributed by atoms with Crippen molar-refractivity contribution in [3.63, 3.8) is 0 Å². The molecule has 0 radical (unpaired) electrons. The fourth-order valence-electron chi connectivity index (χ4n) is 2.73. The number of aliphatic carboxylic acids is 1. The zero-order chi connectivity index (χ0) is 16.3. The van der Waals surface area contributed by atoms with Crippen molar-refractivity contribution in [1.29, 1.82) is 0 Å². The maximum Gasteiger partial charge on any atom is 0.326 e. The second kappa shape index (κ2) is 7.18. The van der Waals surface area contributed by atoms with Crippen molar-refractivity contribution in [2.24, 2.45) is 5.92 Å². The maximum atomic E-state index is 12.6. The molecule has 1 aliphatic rings. The molecule has 1 aliphatic heterocycles. The summed E-state index contributed by atoms with van der Waals surface area (Å²) < 4.78 is 0. The average molecular weight is 321 g/mol. The third kappa shape index (κ3) is 4.03. The van der Waals surface area contributed by atoms with Crippen LogP contribution in [0.4, 0.5) is 0 Å². The van der Waals surface area contributed by atoms with E-state index in [-0.39, 0.29) is 5.91 Å². The van der Waals surface area contributed by atoms with E-state index in [0.717, 1.165) is 11.3 Å². The first kappa shape index (κ1) is 16.9. The van der Waals surface area contributed by atoms with Gasteiger partial charge in [-0.2, -0.15) is 0 Å². The number of carboxylic acids is 1. The van der Waals surface area contributed by atoms with Crippen molar-refractivity contribution in [1.82, 2.24) is 4.90 Å². The van der Waals surface area contributed by atoms with Crippen LogP contribution in [-0.2, 0) is 4.79 Å². The number of hydrogen-bond donors (Lipinski definition) is 1. The molecule has 1 aromatic rings. The molecule has 0 spiro atoms. The van der Waals surface area contributed by atoms with Crippen LogP contribution in [0.3, 0.4) is 0 Å². The summed E-state index contributed by atoms with van der Waals surface area (Å²) in [5.74, 6) is -0.748. The first-order valence-corrected chi connectivity index (χ1v) is 8.57. The highest BCUT2D eigenvalue weighted by Gasteiger charge is 2.35. The molecule has 1 saturated heterocycles. The predicted octanol–water partition coefficient (Wildman–Crippen LogP) is 3.51. The van der Waals surface area contributed by atoms with Crippen LogP contribution in [0.1, 0.15) is 44.0 Å². The molecular formula is C17H23NO3S. The summed E-state index contributed by atoms with van der Waals surface area (Å²) >= 11 is 1.74. The fraction of sp³-hybridized carbons (Fsp3) is 0.529. The van der Waals surface area contributed by atoms with Gasteiger partial charge in [0.1, 0.15) is 6.04 Å². The van der Waals surface area contributed by atoms with E-state index in [1.165, 1.54) is 4.90 Å². The second-order valence-corrected chi connectivity index (χ2v) is 7.82. The molecule has 2 rings (SSSR count). The molecule has 1 fully saturated rings. The number of carbonyl (C=O) groups is 2. The Hall–Kier alpha value is -1.49. The van der Waals surface area contributed by atoms with Crippen LogP contribution in [-0.4, -0.2) is 39.7 Å². The number of carboxylic acid groups (broad SMARTS) is 1. The molecule has 1 aromatic carbocycles. The van der Waals surface area contributed by atoms with Crippen molar-refractivity contribution in [2.75, 3.05) is 6.54 Å². The highest BCUT2D eigenvalue weighted by Crippen LogP contribution is 2.26. The Morgan fingerprint density at radius 2 is 1.91 bits per heavy atom. The summed E-state index contributed by atoms with van der Waals surface area (Å²) in [7, 11) is 0. The average Bonchev–Trinajstić information content (AvgIpc) is 2.46. The van der Waals surface area contributed by atoms with E-state index in [4.69, 9.17) is 0 Å². The number of piperidine rings is 1. The van der Waals surface area contributed by atoms with Gasteiger partial charge in [-0.1, -0.05) is 20.8 Å². The van der Waals surface area contributed by atoms with Gasteiger partial charge in [0.15, 0.2) is 0 Å². The molecule has 120 valence electrons. The van der Waals surface area contributed by atoms with Crippen molar-refractivity contribution in [2.45, 2.75) is 49.8 Å². The Balaban J connectivity index is 2.14. The number of nitrogens with zero attached hydrogens (tertiary/aromatic N) is 1. The zero-order valence-electron chi connectivity index (χ0n) is 13.3. The standard InChI is InChI=1S/C17H23NO3S/c1-11(2)22-14-6-4-13(5-7-14)16(19)18-9-8-12(3)10-15(18)17(20)21/h4-7,11-12,15H,8-10H2,1-3H3,(H,20,21). The van der Waals surface area contributed by atoms with Gasteiger partial charge in [-0.25, -0.2) is 4.79 Å². The first-order chi connectivity index (χ1) is 10.4. The van der Waals surface area contributed by atoms with Crippen molar-refractivity contribution >= 4 is 23.6 Å². The van der Waals surface area contributed by atoms with Gasteiger partial charge < -0.3 is 10.0 Å².